The SMILES string of the molecule is Cc1cc2c3c(cc(C)c2[nH]c1=O)C(C)C(C(C)Br)O3. The van der Waals surface area contributed by atoms with Crippen LogP contribution in [-0.4, -0.2) is 15.9 Å². The van der Waals surface area contributed by atoms with Gasteiger partial charge in [0.15, 0.2) is 0 Å². The van der Waals surface area contributed by atoms with Gasteiger partial charge in [-0.15, -0.1) is 0 Å². The third kappa shape index (κ3) is 1.89. The maximum atomic E-state index is 11.8. The van der Waals surface area contributed by atoms with Crippen molar-refractivity contribution >= 4 is 26.8 Å². The minimum atomic E-state index is -0.0306. The van der Waals surface area contributed by atoms with Crippen LogP contribution in [0.5, 0.6) is 5.75 Å². The number of H-pyrrole nitrogens is 1. The quantitative estimate of drug-likeness (QED) is 0.805. The zero-order valence-corrected chi connectivity index (χ0v) is 13.7. The lowest BCUT2D eigenvalue weighted by atomic mass is 9.93. The van der Waals surface area contributed by atoms with Crippen molar-refractivity contribution in [3.05, 3.63) is 39.2 Å². The van der Waals surface area contributed by atoms with E-state index < -0.39 is 0 Å². The van der Waals surface area contributed by atoms with Crippen molar-refractivity contribution < 1.29 is 4.74 Å². The van der Waals surface area contributed by atoms with Gasteiger partial charge in [0.2, 0.25) is 0 Å². The first kappa shape index (κ1) is 13.7. The largest absolute Gasteiger partial charge is 0.488 e. The van der Waals surface area contributed by atoms with Gasteiger partial charge in [-0.1, -0.05) is 22.9 Å². The Morgan fingerprint density at radius 3 is 2.65 bits per heavy atom. The van der Waals surface area contributed by atoms with E-state index in [1.807, 2.05) is 19.9 Å². The molecule has 4 heteroatoms. The second-order valence-electron chi connectivity index (χ2n) is 5.73. The monoisotopic (exact) mass is 335 g/mol. The Hall–Kier alpha value is -1.29. The fourth-order valence-electron chi connectivity index (χ4n) is 3.03. The molecule has 0 bridgehead atoms. The molecule has 3 rings (SSSR count). The lowest BCUT2D eigenvalue weighted by Crippen LogP contribution is -2.25. The molecular weight excluding hydrogens is 318 g/mol. The minimum Gasteiger partial charge on any atom is -0.488 e. The van der Waals surface area contributed by atoms with E-state index in [2.05, 4.69) is 40.8 Å². The summed E-state index contributed by atoms with van der Waals surface area (Å²) in [6, 6.07) is 4.08. The fraction of sp³-hybridized carbons (Fsp3) is 0.438. The number of aromatic nitrogens is 1. The van der Waals surface area contributed by atoms with E-state index >= 15 is 0 Å². The van der Waals surface area contributed by atoms with Gasteiger partial charge in [-0.3, -0.25) is 4.79 Å². The van der Waals surface area contributed by atoms with Gasteiger partial charge in [-0.2, -0.15) is 0 Å². The molecule has 2 aromatic rings. The number of fused-ring (bicyclic) bond motifs is 3. The van der Waals surface area contributed by atoms with Gasteiger partial charge in [0.05, 0.1) is 5.52 Å². The molecule has 2 heterocycles. The predicted octanol–water partition coefficient (Wildman–Crippen LogP) is 3.79. The van der Waals surface area contributed by atoms with Crippen LogP contribution in [0, 0.1) is 13.8 Å². The summed E-state index contributed by atoms with van der Waals surface area (Å²) < 4.78 is 6.17. The highest BCUT2D eigenvalue weighted by molar-refractivity contribution is 9.09. The van der Waals surface area contributed by atoms with Crippen LogP contribution in [0.3, 0.4) is 0 Å². The molecule has 0 saturated heterocycles. The molecule has 0 amide bonds. The van der Waals surface area contributed by atoms with Crippen molar-refractivity contribution in [1.82, 2.24) is 4.98 Å². The van der Waals surface area contributed by atoms with Gasteiger partial charge < -0.3 is 9.72 Å². The Labute approximate surface area is 126 Å². The summed E-state index contributed by atoms with van der Waals surface area (Å²) in [4.78, 5) is 15.1. The van der Waals surface area contributed by atoms with E-state index in [1.54, 1.807) is 0 Å². The third-order valence-corrected chi connectivity index (χ3v) is 4.71. The molecule has 3 atom stereocenters. The number of benzene rings is 1. The van der Waals surface area contributed by atoms with Gasteiger partial charge in [0.1, 0.15) is 11.9 Å². The number of halogens is 1. The van der Waals surface area contributed by atoms with E-state index in [4.69, 9.17) is 4.74 Å². The standard InChI is InChI=1S/C16H18BrNO2/c1-7-5-11-9(3)14(10(4)17)20-15(11)12-6-8(2)16(19)18-13(7)12/h5-6,9-10,14H,1-4H3,(H,18,19). The van der Waals surface area contributed by atoms with Crippen LogP contribution < -0.4 is 10.3 Å². The molecule has 1 aromatic carbocycles. The zero-order chi connectivity index (χ0) is 14.6. The van der Waals surface area contributed by atoms with Crippen molar-refractivity contribution in [2.24, 2.45) is 0 Å². The van der Waals surface area contributed by atoms with E-state index in [0.29, 0.717) is 5.92 Å². The molecule has 0 spiro atoms. The number of aryl methyl sites for hydroxylation is 2. The second-order valence-corrected chi connectivity index (χ2v) is 7.17. The molecule has 20 heavy (non-hydrogen) atoms. The summed E-state index contributed by atoms with van der Waals surface area (Å²) in [5.41, 5.74) is 3.90. The van der Waals surface area contributed by atoms with Gasteiger partial charge >= 0.3 is 0 Å². The Morgan fingerprint density at radius 1 is 1.30 bits per heavy atom. The Bertz CT molecular complexity index is 748. The third-order valence-electron chi connectivity index (χ3n) is 4.19. The van der Waals surface area contributed by atoms with Gasteiger partial charge in [-0.25, -0.2) is 0 Å². The van der Waals surface area contributed by atoms with Gasteiger partial charge in [0, 0.05) is 27.3 Å². The lowest BCUT2D eigenvalue weighted by molar-refractivity contribution is 0.216. The summed E-state index contributed by atoms with van der Waals surface area (Å²) in [7, 11) is 0. The summed E-state index contributed by atoms with van der Waals surface area (Å²) in [6.45, 7) is 8.16. The molecule has 1 aromatic heterocycles. The lowest BCUT2D eigenvalue weighted by Gasteiger charge is -2.17. The normalized spacial score (nSPS) is 22.6. The number of hydrogen-bond acceptors (Lipinski definition) is 2. The number of aromatic amines is 1. The minimum absolute atomic E-state index is 0.0306. The Balaban J connectivity index is 2.31. The van der Waals surface area contributed by atoms with Crippen molar-refractivity contribution in [2.45, 2.75) is 44.5 Å². The van der Waals surface area contributed by atoms with Crippen molar-refractivity contribution in [3.8, 4) is 5.75 Å². The first-order chi connectivity index (χ1) is 9.40. The van der Waals surface area contributed by atoms with E-state index in [1.165, 1.54) is 5.56 Å². The summed E-state index contributed by atoms with van der Waals surface area (Å²) in [5.74, 6) is 1.27. The van der Waals surface area contributed by atoms with Gasteiger partial charge in [-0.05, 0) is 38.5 Å². The van der Waals surface area contributed by atoms with Crippen LogP contribution in [-0.2, 0) is 0 Å². The molecular formula is C16H18BrNO2. The highest BCUT2D eigenvalue weighted by atomic mass is 79.9. The van der Waals surface area contributed by atoms with Crippen LogP contribution >= 0.6 is 15.9 Å². The molecule has 0 aliphatic carbocycles. The molecule has 1 aliphatic rings. The molecule has 1 N–H and O–H groups in total. The Morgan fingerprint density at radius 2 is 2.00 bits per heavy atom. The second kappa shape index (κ2) is 4.62. The van der Waals surface area contributed by atoms with E-state index in [-0.39, 0.29) is 16.5 Å². The highest BCUT2D eigenvalue weighted by Gasteiger charge is 2.35. The number of hydrogen-bond donors (Lipinski definition) is 1. The molecule has 3 unspecified atom stereocenters. The van der Waals surface area contributed by atoms with Crippen molar-refractivity contribution in [2.75, 3.05) is 0 Å². The van der Waals surface area contributed by atoms with Crippen molar-refractivity contribution in [1.29, 1.82) is 0 Å². The fourth-order valence-corrected chi connectivity index (χ4v) is 3.59. The average molecular weight is 336 g/mol. The maximum absolute atomic E-state index is 11.8. The highest BCUT2D eigenvalue weighted by Crippen LogP contribution is 2.45. The first-order valence-electron chi connectivity index (χ1n) is 6.88. The smallest absolute Gasteiger partial charge is 0.251 e. The summed E-state index contributed by atoms with van der Waals surface area (Å²) >= 11 is 3.63. The van der Waals surface area contributed by atoms with E-state index in [9.17, 15) is 4.79 Å². The molecule has 0 saturated carbocycles. The van der Waals surface area contributed by atoms with Crippen LogP contribution in [0.25, 0.3) is 10.9 Å². The van der Waals surface area contributed by atoms with Crippen LogP contribution in [0.15, 0.2) is 16.9 Å². The number of ether oxygens (including phenoxy) is 1. The van der Waals surface area contributed by atoms with E-state index in [0.717, 1.165) is 27.8 Å². The maximum Gasteiger partial charge on any atom is 0.251 e. The zero-order valence-electron chi connectivity index (χ0n) is 12.1. The number of nitrogens with one attached hydrogen (secondary N) is 1. The van der Waals surface area contributed by atoms with Crippen LogP contribution in [0.2, 0.25) is 0 Å². The number of pyridine rings is 1. The summed E-state index contributed by atoms with van der Waals surface area (Å²) in [6.07, 6.45) is 0.127. The first-order valence-corrected chi connectivity index (χ1v) is 7.79. The van der Waals surface area contributed by atoms with Gasteiger partial charge in [0.25, 0.3) is 5.56 Å². The topological polar surface area (TPSA) is 42.1 Å². The number of rotatable bonds is 1. The summed E-state index contributed by atoms with van der Waals surface area (Å²) in [5, 5.41) is 1.01. The predicted molar refractivity (Wildman–Crippen MR) is 85.3 cm³/mol. The molecule has 3 nitrogen and oxygen atoms in total. The molecule has 1 aliphatic heterocycles. The molecule has 0 fully saturated rings. The van der Waals surface area contributed by atoms with Crippen molar-refractivity contribution in [3.63, 3.8) is 0 Å². The van der Waals surface area contributed by atoms with Crippen LogP contribution in [0.4, 0.5) is 0 Å². The molecule has 106 valence electrons. The van der Waals surface area contributed by atoms with Crippen LogP contribution in [0.1, 0.15) is 36.5 Å². The Kier molecular flexibility index (Phi) is 3.16. The molecule has 0 radical (unpaired) electrons. The average Bonchev–Trinajstić information content (AvgIpc) is 2.70. The number of alkyl halides is 1.